The smallest absolute Gasteiger partial charge is 0.336 e. The normalized spacial score (nSPS) is 10.3. The summed E-state index contributed by atoms with van der Waals surface area (Å²) in [7, 11) is 0. The van der Waals surface area contributed by atoms with Gasteiger partial charge in [0.2, 0.25) is 0 Å². The Morgan fingerprint density at radius 1 is 1.44 bits per heavy atom. The van der Waals surface area contributed by atoms with E-state index in [4.69, 9.17) is 5.11 Å². The van der Waals surface area contributed by atoms with Gasteiger partial charge >= 0.3 is 5.97 Å². The van der Waals surface area contributed by atoms with E-state index >= 15 is 0 Å². The molecule has 1 aromatic heterocycles. The molecule has 0 amide bonds. The maximum absolute atomic E-state index is 13.1. The Kier molecular flexibility index (Phi) is 3.62. The van der Waals surface area contributed by atoms with E-state index in [9.17, 15) is 9.18 Å². The second kappa shape index (κ2) is 5.18. The summed E-state index contributed by atoms with van der Waals surface area (Å²) in [4.78, 5) is 11.6. The summed E-state index contributed by atoms with van der Waals surface area (Å²) in [5.74, 6) is -1.15. The van der Waals surface area contributed by atoms with Crippen molar-refractivity contribution in [3.05, 3.63) is 51.5 Å². The minimum Gasteiger partial charge on any atom is -0.478 e. The second-order valence-corrected chi connectivity index (χ2v) is 4.92. The third kappa shape index (κ3) is 2.87. The summed E-state index contributed by atoms with van der Waals surface area (Å²) in [6.07, 6.45) is 0. The molecule has 2 rings (SSSR count). The van der Waals surface area contributed by atoms with Gasteiger partial charge in [-0.1, -0.05) is 0 Å². The predicted octanol–water partition coefficient (Wildman–Crippen LogP) is 3.51. The van der Waals surface area contributed by atoms with E-state index in [0.717, 1.165) is 10.6 Å². The first kappa shape index (κ1) is 12.6. The Morgan fingerprint density at radius 2 is 2.22 bits per heavy atom. The summed E-state index contributed by atoms with van der Waals surface area (Å²) in [6.45, 7) is 2.23. The van der Waals surface area contributed by atoms with Crippen molar-refractivity contribution in [1.82, 2.24) is 0 Å². The Bertz CT molecular complexity index is 580. The topological polar surface area (TPSA) is 49.3 Å². The van der Waals surface area contributed by atoms with Crippen molar-refractivity contribution < 1.29 is 14.3 Å². The van der Waals surface area contributed by atoms with Crippen LogP contribution < -0.4 is 5.32 Å². The molecule has 0 aliphatic rings. The molecule has 0 saturated heterocycles. The molecule has 2 aromatic rings. The van der Waals surface area contributed by atoms with Crippen molar-refractivity contribution in [2.45, 2.75) is 13.5 Å². The molecular formula is C13H12FNO2S. The van der Waals surface area contributed by atoms with Crippen LogP contribution in [-0.2, 0) is 6.54 Å². The van der Waals surface area contributed by atoms with Gasteiger partial charge in [0.15, 0.2) is 0 Å². The molecule has 0 aliphatic heterocycles. The molecule has 0 saturated carbocycles. The summed E-state index contributed by atoms with van der Waals surface area (Å²) >= 11 is 1.39. The van der Waals surface area contributed by atoms with E-state index in [1.54, 1.807) is 30.5 Å². The standard InChI is InChI=1S/C13H12FNO2S/c1-8-4-10(2-3-12(8)14)15-6-11-5-9(7-18-11)13(16)17/h2-5,7,15H,6H2,1H3,(H,16,17). The quantitative estimate of drug-likeness (QED) is 0.889. The van der Waals surface area contributed by atoms with Crippen LogP contribution >= 0.6 is 11.3 Å². The lowest BCUT2D eigenvalue weighted by molar-refractivity contribution is 0.0697. The van der Waals surface area contributed by atoms with Crippen LogP contribution in [-0.4, -0.2) is 11.1 Å². The Balaban J connectivity index is 2.02. The number of halogens is 1. The average molecular weight is 265 g/mol. The SMILES string of the molecule is Cc1cc(NCc2cc(C(=O)O)cs2)ccc1F. The van der Waals surface area contributed by atoms with Gasteiger partial charge in [-0.2, -0.15) is 0 Å². The molecule has 2 N–H and O–H groups in total. The minimum atomic E-state index is -0.921. The van der Waals surface area contributed by atoms with Crippen LogP contribution in [0.15, 0.2) is 29.6 Å². The van der Waals surface area contributed by atoms with E-state index in [0.29, 0.717) is 17.7 Å². The van der Waals surface area contributed by atoms with Crippen molar-refractivity contribution in [1.29, 1.82) is 0 Å². The van der Waals surface area contributed by atoms with Gasteiger partial charge in [0.1, 0.15) is 5.82 Å². The Labute approximate surface area is 108 Å². The van der Waals surface area contributed by atoms with E-state index in [1.165, 1.54) is 17.4 Å². The molecule has 0 aliphatic carbocycles. The highest BCUT2D eigenvalue weighted by Gasteiger charge is 2.06. The monoisotopic (exact) mass is 265 g/mol. The van der Waals surface area contributed by atoms with Crippen LogP contribution in [0, 0.1) is 12.7 Å². The Hall–Kier alpha value is -1.88. The number of benzene rings is 1. The number of rotatable bonds is 4. The largest absolute Gasteiger partial charge is 0.478 e. The van der Waals surface area contributed by atoms with Crippen molar-refractivity contribution in [3.8, 4) is 0 Å². The van der Waals surface area contributed by atoms with Crippen molar-refractivity contribution >= 4 is 23.0 Å². The molecule has 1 aromatic carbocycles. The number of nitrogens with one attached hydrogen (secondary N) is 1. The number of thiophene rings is 1. The van der Waals surface area contributed by atoms with Gasteiger partial charge in [-0.3, -0.25) is 0 Å². The lowest BCUT2D eigenvalue weighted by Gasteiger charge is -2.06. The second-order valence-electron chi connectivity index (χ2n) is 3.92. The lowest BCUT2D eigenvalue weighted by Crippen LogP contribution is -1.99. The summed E-state index contributed by atoms with van der Waals surface area (Å²) in [5.41, 5.74) is 1.70. The first-order valence-corrected chi connectivity index (χ1v) is 6.25. The number of aryl methyl sites for hydroxylation is 1. The highest BCUT2D eigenvalue weighted by atomic mass is 32.1. The van der Waals surface area contributed by atoms with E-state index in [1.807, 2.05) is 0 Å². The molecule has 1 heterocycles. The number of carboxylic acids is 1. The average Bonchev–Trinajstić information content (AvgIpc) is 2.79. The first-order chi connectivity index (χ1) is 8.56. The van der Waals surface area contributed by atoms with Crippen LogP contribution in [0.5, 0.6) is 0 Å². The molecule has 0 unspecified atom stereocenters. The van der Waals surface area contributed by atoms with Gasteiger partial charge in [0.05, 0.1) is 5.56 Å². The van der Waals surface area contributed by atoms with Gasteiger partial charge in [-0.15, -0.1) is 11.3 Å². The molecule has 18 heavy (non-hydrogen) atoms. The number of carboxylic acid groups (broad SMARTS) is 1. The number of aromatic carboxylic acids is 1. The zero-order valence-electron chi connectivity index (χ0n) is 9.74. The van der Waals surface area contributed by atoms with Gasteiger partial charge < -0.3 is 10.4 Å². The Morgan fingerprint density at radius 3 is 2.83 bits per heavy atom. The highest BCUT2D eigenvalue weighted by Crippen LogP contribution is 2.18. The molecule has 3 nitrogen and oxygen atoms in total. The van der Waals surface area contributed by atoms with Gasteiger partial charge in [-0.05, 0) is 36.8 Å². The summed E-state index contributed by atoms with van der Waals surface area (Å²) in [5, 5.41) is 13.5. The number of hydrogen-bond acceptors (Lipinski definition) is 3. The number of hydrogen-bond donors (Lipinski definition) is 2. The summed E-state index contributed by atoms with van der Waals surface area (Å²) in [6, 6.07) is 6.43. The summed E-state index contributed by atoms with van der Waals surface area (Å²) < 4.78 is 13.1. The minimum absolute atomic E-state index is 0.232. The molecule has 0 spiro atoms. The first-order valence-electron chi connectivity index (χ1n) is 5.37. The van der Waals surface area contributed by atoms with Crippen LogP contribution in [0.2, 0.25) is 0 Å². The predicted molar refractivity (Wildman–Crippen MR) is 69.7 cm³/mol. The van der Waals surface area contributed by atoms with Gasteiger partial charge in [-0.25, -0.2) is 9.18 Å². The van der Waals surface area contributed by atoms with Gasteiger partial charge in [0.25, 0.3) is 0 Å². The zero-order valence-corrected chi connectivity index (χ0v) is 10.6. The molecule has 5 heteroatoms. The third-order valence-corrected chi connectivity index (χ3v) is 3.46. The van der Waals surface area contributed by atoms with Crippen molar-refractivity contribution in [3.63, 3.8) is 0 Å². The van der Waals surface area contributed by atoms with Crippen LogP contribution in [0.25, 0.3) is 0 Å². The van der Waals surface area contributed by atoms with Crippen molar-refractivity contribution in [2.24, 2.45) is 0 Å². The molecule has 0 atom stereocenters. The van der Waals surface area contributed by atoms with Crippen molar-refractivity contribution in [2.75, 3.05) is 5.32 Å². The molecule has 94 valence electrons. The maximum Gasteiger partial charge on any atom is 0.336 e. The van der Waals surface area contributed by atoms with Crippen LogP contribution in [0.4, 0.5) is 10.1 Å². The number of anilines is 1. The van der Waals surface area contributed by atoms with E-state index < -0.39 is 5.97 Å². The molecule has 0 bridgehead atoms. The fourth-order valence-corrected chi connectivity index (χ4v) is 2.33. The highest BCUT2D eigenvalue weighted by molar-refractivity contribution is 7.10. The zero-order chi connectivity index (χ0) is 13.1. The molecular weight excluding hydrogens is 253 g/mol. The van der Waals surface area contributed by atoms with Gasteiger partial charge in [0, 0.05) is 22.5 Å². The number of carbonyl (C=O) groups is 1. The third-order valence-electron chi connectivity index (χ3n) is 2.53. The van der Waals surface area contributed by atoms with E-state index in [2.05, 4.69) is 5.32 Å². The van der Waals surface area contributed by atoms with E-state index in [-0.39, 0.29) is 5.82 Å². The van der Waals surface area contributed by atoms with Crippen LogP contribution in [0.3, 0.4) is 0 Å². The fraction of sp³-hybridized carbons (Fsp3) is 0.154. The van der Waals surface area contributed by atoms with Crippen LogP contribution in [0.1, 0.15) is 20.8 Å². The maximum atomic E-state index is 13.1. The molecule has 0 fully saturated rings. The molecule has 0 radical (unpaired) electrons. The lowest BCUT2D eigenvalue weighted by atomic mass is 10.2. The fourth-order valence-electron chi connectivity index (χ4n) is 1.53.